The van der Waals surface area contributed by atoms with Crippen LogP contribution in [0.2, 0.25) is 0 Å². The molecule has 2 aliphatic carbocycles. The summed E-state index contributed by atoms with van der Waals surface area (Å²) in [6.45, 7) is 6.41. The third kappa shape index (κ3) is 2.73. The summed E-state index contributed by atoms with van der Waals surface area (Å²) in [6.07, 6.45) is 7.75. The standard InChI is InChI=1S/C15H28N2O2/c1-13(2,3)19-12(18)17-15(8-5-9-15)14(10-11-16)6-4-7-14/h4-11,16H2,1-3H3,(H,17,18). The second-order valence-electron chi connectivity index (χ2n) is 7.24. The molecule has 2 fully saturated rings. The molecule has 0 aromatic carbocycles. The first-order valence-corrected chi connectivity index (χ1v) is 7.54. The Morgan fingerprint density at radius 1 is 1.21 bits per heavy atom. The van der Waals surface area contributed by atoms with E-state index in [0.717, 1.165) is 19.3 Å². The molecule has 0 radical (unpaired) electrons. The van der Waals surface area contributed by atoms with Crippen molar-refractivity contribution in [2.45, 2.75) is 76.9 Å². The lowest BCUT2D eigenvalue weighted by molar-refractivity contribution is -0.0600. The summed E-state index contributed by atoms with van der Waals surface area (Å²) in [5, 5.41) is 3.20. The number of alkyl carbamates (subject to hydrolysis) is 1. The molecule has 0 saturated heterocycles. The number of rotatable bonds is 4. The van der Waals surface area contributed by atoms with Crippen LogP contribution in [0.15, 0.2) is 0 Å². The monoisotopic (exact) mass is 268 g/mol. The van der Waals surface area contributed by atoms with Crippen LogP contribution in [0, 0.1) is 5.41 Å². The van der Waals surface area contributed by atoms with Crippen molar-refractivity contribution in [3.05, 3.63) is 0 Å². The zero-order valence-corrected chi connectivity index (χ0v) is 12.6. The predicted octanol–water partition coefficient (Wildman–Crippen LogP) is 2.95. The van der Waals surface area contributed by atoms with Gasteiger partial charge in [-0.25, -0.2) is 4.79 Å². The van der Waals surface area contributed by atoms with Crippen LogP contribution in [0.25, 0.3) is 0 Å². The molecule has 2 saturated carbocycles. The van der Waals surface area contributed by atoms with Crippen LogP contribution < -0.4 is 11.1 Å². The minimum atomic E-state index is -0.435. The van der Waals surface area contributed by atoms with Crippen molar-refractivity contribution in [2.75, 3.05) is 6.54 Å². The van der Waals surface area contributed by atoms with Gasteiger partial charge in [-0.2, -0.15) is 0 Å². The first kappa shape index (κ1) is 14.6. The van der Waals surface area contributed by atoms with Crippen molar-refractivity contribution in [2.24, 2.45) is 11.1 Å². The summed E-state index contributed by atoms with van der Waals surface area (Å²) in [7, 11) is 0. The summed E-state index contributed by atoms with van der Waals surface area (Å²) < 4.78 is 5.43. The molecule has 0 aromatic rings. The first-order chi connectivity index (χ1) is 8.83. The van der Waals surface area contributed by atoms with E-state index >= 15 is 0 Å². The van der Waals surface area contributed by atoms with Gasteiger partial charge in [-0.1, -0.05) is 6.42 Å². The van der Waals surface area contributed by atoms with Gasteiger partial charge in [0, 0.05) is 5.54 Å². The van der Waals surface area contributed by atoms with Gasteiger partial charge >= 0.3 is 6.09 Å². The molecule has 0 unspecified atom stereocenters. The maximum Gasteiger partial charge on any atom is 0.408 e. The Morgan fingerprint density at radius 3 is 2.11 bits per heavy atom. The summed E-state index contributed by atoms with van der Waals surface area (Å²) in [6, 6.07) is 0. The number of nitrogens with two attached hydrogens (primary N) is 1. The SMILES string of the molecule is CC(C)(C)OC(=O)NC1(C2(CCN)CCC2)CCC1. The van der Waals surface area contributed by atoms with E-state index in [9.17, 15) is 4.79 Å². The van der Waals surface area contributed by atoms with E-state index in [2.05, 4.69) is 5.32 Å². The Morgan fingerprint density at radius 2 is 1.79 bits per heavy atom. The zero-order valence-electron chi connectivity index (χ0n) is 12.6. The highest BCUT2D eigenvalue weighted by Crippen LogP contribution is 2.58. The molecular formula is C15H28N2O2. The first-order valence-electron chi connectivity index (χ1n) is 7.54. The summed E-state index contributed by atoms with van der Waals surface area (Å²) in [5.41, 5.74) is 5.54. The molecule has 4 nitrogen and oxygen atoms in total. The molecule has 2 rings (SSSR count). The van der Waals surface area contributed by atoms with Gasteiger partial charge in [0.25, 0.3) is 0 Å². The Kier molecular flexibility index (Phi) is 3.83. The molecule has 0 bridgehead atoms. The molecule has 0 heterocycles. The van der Waals surface area contributed by atoms with Crippen molar-refractivity contribution in [1.29, 1.82) is 0 Å². The van der Waals surface area contributed by atoms with E-state index in [1.165, 1.54) is 25.7 Å². The summed E-state index contributed by atoms with van der Waals surface area (Å²) in [4.78, 5) is 12.1. The van der Waals surface area contributed by atoms with Gasteiger partial charge in [-0.3, -0.25) is 0 Å². The second kappa shape index (κ2) is 4.97. The number of hydrogen-bond donors (Lipinski definition) is 2. The number of hydrogen-bond acceptors (Lipinski definition) is 3. The van der Waals surface area contributed by atoms with Crippen molar-refractivity contribution < 1.29 is 9.53 Å². The van der Waals surface area contributed by atoms with Gasteiger partial charge in [0.2, 0.25) is 0 Å². The molecule has 1 amide bonds. The van der Waals surface area contributed by atoms with Gasteiger partial charge in [-0.15, -0.1) is 0 Å². The number of nitrogens with one attached hydrogen (secondary N) is 1. The van der Waals surface area contributed by atoms with E-state index in [4.69, 9.17) is 10.5 Å². The van der Waals surface area contributed by atoms with E-state index in [-0.39, 0.29) is 17.0 Å². The highest BCUT2D eigenvalue weighted by Gasteiger charge is 2.57. The summed E-state index contributed by atoms with van der Waals surface area (Å²) >= 11 is 0. The third-order valence-corrected chi connectivity index (χ3v) is 4.90. The van der Waals surface area contributed by atoms with Gasteiger partial charge in [0.1, 0.15) is 5.60 Å². The number of ether oxygens (including phenoxy) is 1. The van der Waals surface area contributed by atoms with Crippen LogP contribution in [-0.2, 0) is 4.74 Å². The average Bonchev–Trinajstić information content (AvgIpc) is 2.15. The Bertz CT molecular complexity index is 339. The fraction of sp³-hybridized carbons (Fsp3) is 0.933. The Labute approximate surface area is 116 Å². The van der Waals surface area contributed by atoms with Gasteiger partial charge in [0.15, 0.2) is 0 Å². The molecule has 2 aliphatic rings. The lowest BCUT2D eigenvalue weighted by atomic mass is 9.49. The normalized spacial score (nSPS) is 24.0. The van der Waals surface area contributed by atoms with Crippen LogP contribution in [-0.4, -0.2) is 23.8 Å². The maximum atomic E-state index is 12.1. The summed E-state index contributed by atoms with van der Waals surface area (Å²) in [5.74, 6) is 0. The smallest absolute Gasteiger partial charge is 0.408 e. The van der Waals surface area contributed by atoms with E-state index in [1.54, 1.807) is 0 Å². The molecule has 3 N–H and O–H groups in total. The number of carbonyl (C=O) groups is 1. The fourth-order valence-corrected chi connectivity index (χ4v) is 3.66. The Hall–Kier alpha value is -0.770. The lowest BCUT2D eigenvalue weighted by Crippen LogP contribution is -2.67. The molecule has 4 heteroatoms. The molecule has 0 atom stereocenters. The Balaban J connectivity index is 2.04. The van der Waals surface area contributed by atoms with Crippen molar-refractivity contribution in [3.63, 3.8) is 0 Å². The molecule has 0 aromatic heterocycles. The average molecular weight is 268 g/mol. The largest absolute Gasteiger partial charge is 0.444 e. The van der Waals surface area contributed by atoms with Crippen LogP contribution in [0.5, 0.6) is 0 Å². The van der Waals surface area contributed by atoms with Crippen molar-refractivity contribution >= 4 is 6.09 Å². The van der Waals surface area contributed by atoms with Gasteiger partial charge in [0.05, 0.1) is 0 Å². The van der Waals surface area contributed by atoms with Crippen LogP contribution in [0.1, 0.15) is 65.7 Å². The second-order valence-corrected chi connectivity index (χ2v) is 7.24. The molecule has 0 spiro atoms. The fourth-order valence-electron chi connectivity index (χ4n) is 3.66. The van der Waals surface area contributed by atoms with E-state index in [1.807, 2.05) is 20.8 Å². The molecule has 0 aliphatic heterocycles. The van der Waals surface area contributed by atoms with Crippen molar-refractivity contribution in [3.8, 4) is 0 Å². The maximum absolute atomic E-state index is 12.1. The minimum absolute atomic E-state index is 0.0487. The minimum Gasteiger partial charge on any atom is -0.444 e. The predicted molar refractivity (Wildman–Crippen MR) is 75.9 cm³/mol. The number of carbonyl (C=O) groups excluding carboxylic acids is 1. The van der Waals surface area contributed by atoms with Crippen LogP contribution in [0.4, 0.5) is 4.79 Å². The topological polar surface area (TPSA) is 64.3 Å². The quantitative estimate of drug-likeness (QED) is 0.824. The van der Waals surface area contributed by atoms with E-state index in [0.29, 0.717) is 6.54 Å². The molecule has 110 valence electrons. The van der Waals surface area contributed by atoms with Crippen LogP contribution in [0.3, 0.4) is 0 Å². The third-order valence-electron chi connectivity index (χ3n) is 4.90. The highest BCUT2D eigenvalue weighted by molar-refractivity contribution is 5.69. The van der Waals surface area contributed by atoms with Gasteiger partial charge < -0.3 is 15.8 Å². The number of amides is 1. The van der Waals surface area contributed by atoms with Crippen LogP contribution >= 0.6 is 0 Å². The molecular weight excluding hydrogens is 240 g/mol. The van der Waals surface area contributed by atoms with Crippen molar-refractivity contribution in [1.82, 2.24) is 5.32 Å². The van der Waals surface area contributed by atoms with E-state index < -0.39 is 5.60 Å². The zero-order chi connectivity index (χ0) is 14.1. The molecule has 19 heavy (non-hydrogen) atoms. The van der Waals surface area contributed by atoms with Gasteiger partial charge in [-0.05, 0) is 71.3 Å². The lowest BCUT2D eigenvalue weighted by Gasteiger charge is -2.61. The highest BCUT2D eigenvalue weighted by atomic mass is 16.6.